The lowest BCUT2D eigenvalue weighted by Gasteiger charge is -2.26. The van der Waals surface area contributed by atoms with E-state index >= 15 is 0 Å². The van der Waals surface area contributed by atoms with Gasteiger partial charge in [0.25, 0.3) is 0 Å². The highest BCUT2D eigenvalue weighted by atomic mass is 16.5. The molecule has 2 aliphatic heterocycles. The Balaban J connectivity index is 1.62. The van der Waals surface area contributed by atoms with Crippen LogP contribution in [0.4, 0.5) is 5.95 Å². The van der Waals surface area contributed by atoms with Gasteiger partial charge in [-0.25, -0.2) is 4.68 Å². The molecule has 0 aromatic carbocycles. The second-order valence-corrected chi connectivity index (χ2v) is 6.67. The number of carbonyl (C=O) groups excluding carboxylic acids is 1. The third-order valence-corrected chi connectivity index (χ3v) is 5.11. The number of anilines is 1. The van der Waals surface area contributed by atoms with Crippen LogP contribution < -0.4 is 10.6 Å². The van der Waals surface area contributed by atoms with Gasteiger partial charge in [0.2, 0.25) is 11.9 Å². The maximum absolute atomic E-state index is 12.5. The van der Waals surface area contributed by atoms with Gasteiger partial charge in [0, 0.05) is 32.1 Å². The Hall–Kier alpha value is -1.47. The summed E-state index contributed by atoms with van der Waals surface area (Å²) >= 11 is 0. The van der Waals surface area contributed by atoms with E-state index in [9.17, 15) is 4.79 Å². The first kappa shape index (κ1) is 16.4. The zero-order valence-corrected chi connectivity index (χ0v) is 14.0. The van der Waals surface area contributed by atoms with E-state index in [0.717, 1.165) is 57.8 Å². The minimum absolute atomic E-state index is 0.0297. The van der Waals surface area contributed by atoms with Gasteiger partial charge in [-0.15, -0.1) is 0 Å². The smallest absolute Gasteiger partial charge is 0.229 e. The molecule has 0 bridgehead atoms. The molecule has 0 aliphatic carbocycles. The number of amides is 1. The minimum atomic E-state index is -0.0297. The summed E-state index contributed by atoms with van der Waals surface area (Å²) in [6.45, 7) is 5.52. The number of piperidine rings is 1. The van der Waals surface area contributed by atoms with Crippen LogP contribution in [-0.2, 0) is 16.6 Å². The molecule has 1 aromatic rings. The van der Waals surface area contributed by atoms with Crippen molar-refractivity contribution in [1.29, 1.82) is 0 Å². The van der Waals surface area contributed by atoms with Crippen molar-refractivity contribution in [1.82, 2.24) is 20.1 Å². The van der Waals surface area contributed by atoms with Crippen LogP contribution in [0.5, 0.6) is 0 Å². The number of hydrogen-bond acceptors (Lipinski definition) is 5. The standard InChI is InChI=1S/C16H27N5O2/c1-11(12-5-9-23-10-6-12)15(22)19-16-18-14(20-21(16)2)13-3-7-17-8-4-13/h11-13,17H,3-10H2,1-2H3,(H,18,19,20,22). The quantitative estimate of drug-likeness (QED) is 0.873. The molecule has 128 valence electrons. The molecule has 0 spiro atoms. The highest BCUT2D eigenvalue weighted by Crippen LogP contribution is 2.26. The van der Waals surface area contributed by atoms with E-state index in [2.05, 4.69) is 20.7 Å². The molecule has 7 heteroatoms. The first-order valence-electron chi connectivity index (χ1n) is 8.65. The normalized spacial score (nSPS) is 22.0. The molecular weight excluding hydrogens is 294 g/mol. The van der Waals surface area contributed by atoms with Crippen LogP contribution in [0.3, 0.4) is 0 Å². The van der Waals surface area contributed by atoms with Crippen LogP contribution >= 0.6 is 0 Å². The van der Waals surface area contributed by atoms with Crippen molar-refractivity contribution in [2.75, 3.05) is 31.6 Å². The predicted octanol–water partition coefficient (Wildman–Crippen LogP) is 1.28. The molecule has 3 rings (SSSR count). The zero-order chi connectivity index (χ0) is 16.2. The molecule has 3 heterocycles. The van der Waals surface area contributed by atoms with Gasteiger partial charge in [-0.2, -0.15) is 10.1 Å². The molecule has 23 heavy (non-hydrogen) atoms. The molecule has 1 atom stereocenters. The Bertz CT molecular complexity index is 533. The Labute approximate surface area is 137 Å². The monoisotopic (exact) mass is 321 g/mol. The fourth-order valence-corrected chi connectivity index (χ4v) is 3.42. The maximum Gasteiger partial charge on any atom is 0.229 e. The van der Waals surface area contributed by atoms with Gasteiger partial charge < -0.3 is 10.1 Å². The third kappa shape index (κ3) is 3.90. The summed E-state index contributed by atoms with van der Waals surface area (Å²) in [5.41, 5.74) is 0. The van der Waals surface area contributed by atoms with Crippen molar-refractivity contribution in [3.63, 3.8) is 0 Å². The molecule has 2 aliphatic rings. The molecule has 2 N–H and O–H groups in total. The van der Waals surface area contributed by atoms with Crippen LogP contribution in [0.1, 0.15) is 44.3 Å². The summed E-state index contributed by atoms with van der Waals surface area (Å²) in [7, 11) is 1.84. The van der Waals surface area contributed by atoms with E-state index in [1.54, 1.807) is 4.68 Å². The lowest BCUT2D eigenvalue weighted by Crippen LogP contribution is -2.31. The molecule has 2 saturated heterocycles. The summed E-state index contributed by atoms with van der Waals surface area (Å²) in [5, 5.41) is 10.8. The summed E-state index contributed by atoms with van der Waals surface area (Å²) in [6, 6.07) is 0. The van der Waals surface area contributed by atoms with Crippen LogP contribution in [0.25, 0.3) is 0 Å². The van der Waals surface area contributed by atoms with Crippen LogP contribution in [-0.4, -0.2) is 47.0 Å². The van der Waals surface area contributed by atoms with Crippen molar-refractivity contribution >= 4 is 11.9 Å². The summed E-state index contributed by atoms with van der Waals surface area (Å²) in [4.78, 5) is 17.1. The van der Waals surface area contributed by atoms with Gasteiger partial charge in [0.05, 0.1) is 0 Å². The average molecular weight is 321 g/mol. The van der Waals surface area contributed by atoms with Gasteiger partial charge in [-0.05, 0) is 44.7 Å². The lowest BCUT2D eigenvalue weighted by atomic mass is 9.87. The largest absolute Gasteiger partial charge is 0.381 e. The fraction of sp³-hybridized carbons (Fsp3) is 0.812. The van der Waals surface area contributed by atoms with Crippen molar-refractivity contribution in [3.05, 3.63) is 5.82 Å². The van der Waals surface area contributed by atoms with Crippen molar-refractivity contribution in [2.24, 2.45) is 18.9 Å². The molecule has 0 radical (unpaired) electrons. The SMILES string of the molecule is CC(C(=O)Nc1nc(C2CCNCC2)nn1C)C1CCOCC1. The Morgan fingerprint density at radius 3 is 2.70 bits per heavy atom. The van der Waals surface area contributed by atoms with Gasteiger partial charge in [0.1, 0.15) is 0 Å². The van der Waals surface area contributed by atoms with Crippen molar-refractivity contribution < 1.29 is 9.53 Å². The first-order chi connectivity index (χ1) is 11.1. The molecule has 7 nitrogen and oxygen atoms in total. The number of ether oxygens (including phenoxy) is 1. The first-order valence-corrected chi connectivity index (χ1v) is 8.65. The minimum Gasteiger partial charge on any atom is -0.381 e. The fourth-order valence-electron chi connectivity index (χ4n) is 3.42. The van der Waals surface area contributed by atoms with Crippen molar-refractivity contribution in [2.45, 2.75) is 38.5 Å². The average Bonchev–Trinajstić information content (AvgIpc) is 2.96. The van der Waals surface area contributed by atoms with Crippen LogP contribution in [0.15, 0.2) is 0 Å². The number of nitrogens with zero attached hydrogens (tertiary/aromatic N) is 3. The topological polar surface area (TPSA) is 81.1 Å². The van der Waals surface area contributed by atoms with E-state index in [1.807, 2.05) is 14.0 Å². The van der Waals surface area contributed by atoms with Gasteiger partial charge in [0.15, 0.2) is 5.82 Å². The predicted molar refractivity (Wildman–Crippen MR) is 87.2 cm³/mol. The van der Waals surface area contributed by atoms with Crippen LogP contribution in [0, 0.1) is 11.8 Å². The molecule has 1 aromatic heterocycles. The zero-order valence-electron chi connectivity index (χ0n) is 14.0. The van der Waals surface area contributed by atoms with E-state index in [4.69, 9.17) is 4.74 Å². The number of rotatable bonds is 4. The van der Waals surface area contributed by atoms with Crippen molar-refractivity contribution in [3.8, 4) is 0 Å². The molecule has 1 unspecified atom stereocenters. The van der Waals surface area contributed by atoms with Gasteiger partial charge >= 0.3 is 0 Å². The highest BCUT2D eigenvalue weighted by molar-refractivity contribution is 5.90. The molecular formula is C16H27N5O2. The Morgan fingerprint density at radius 2 is 2.00 bits per heavy atom. The Kier molecular flexibility index (Phi) is 5.27. The number of nitrogens with one attached hydrogen (secondary N) is 2. The second kappa shape index (κ2) is 7.40. The number of aromatic nitrogens is 3. The number of carbonyl (C=O) groups is 1. The lowest BCUT2D eigenvalue weighted by molar-refractivity contribution is -0.122. The second-order valence-electron chi connectivity index (χ2n) is 6.67. The molecule has 0 saturated carbocycles. The van der Waals surface area contributed by atoms with E-state index < -0.39 is 0 Å². The van der Waals surface area contributed by atoms with Gasteiger partial charge in [-0.1, -0.05) is 6.92 Å². The maximum atomic E-state index is 12.5. The molecule has 2 fully saturated rings. The number of hydrogen-bond donors (Lipinski definition) is 2. The summed E-state index contributed by atoms with van der Waals surface area (Å²) in [5.74, 6) is 2.19. The summed E-state index contributed by atoms with van der Waals surface area (Å²) in [6.07, 6.45) is 4.01. The van der Waals surface area contributed by atoms with E-state index in [1.165, 1.54) is 0 Å². The molecule has 1 amide bonds. The van der Waals surface area contributed by atoms with Crippen LogP contribution in [0.2, 0.25) is 0 Å². The number of aryl methyl sites for hydroxylation is 1. The van der Waals surface area contributed by atoms with E-state index in [-0.39, 0.29) is 11.8 Å². The third-order valence-electron chi connectivity index (χ3n) is 5.11. The Morgan fingerprint density at radius 1 is 1.30 bits per heavy atom. The summed E-state index contributed by atoms with van der Waals surface area (Å²) < 4.78 is 7.06. The van der Waals surface area contributed by atoms with Gasteiger partial charge in [-0.3, -0.25) is 10.1 Å². The van der Waals surface area contributed by atoms with E-state index in [0.29, 0.717) is 17.8 Å². The highest BCUT2D eigenvalue weighted by Gasteiger charge is 2.27.